The fraction of sp³-hybridized carbons (Fsp3) is 0.0137. The normalized spacial score (nSPS) is 19.6. The molecule has 8 saturated heterocycles. The van der Waals surface area contributed by atoms with E-state index in [2.05, 4.69) is 271 Å². The molecule has 3 aromatic heterocycles. The number of benzene rings is 12. The third kappa shape index (κ3) is 5.99. The molecule has 14 aliphatic heterocycles. The van der Waals surface area contributed by atoms with Crippen molar-refractivity contribution in [2.75, 3.05) is 0 Å². The Balaban J connectivity index is 0.0000000845. The van der Waals surface area contributed by atoms with Gasteiger partial charge >= 0.3 is 417 Å². The summed E-state index contributed by atoms with van der Waals surface area (Å²) in [6.45, 7) is 9.02. The summed E-state index contributed by atoms with van der Waals surface area (Å²) in [5, 5.41) is 12.0. The number of aromatic nitrogens is 3. The van der Waals surface area contributed by atoms with E-state index in [9.17, 15) is 0 Å². The van der Waals surface area contributed by atoms with Crippen LogP contribution in [0.4, 0.5) is 0 Å². The van der Waals surface area contributed by atoms with E-state index in [0.717, 1.165) is 37.3 Å². The van der Waals surface area contributed by atoms with Gasteiger partial charge in [-0.15, -0.1) is 0 Å². The van der Waals surface area contributed by atoms with Crippen LogP contribution in [-0.4, -0.2) is 113 Å². The maximum atomic E-state index is 5.93. The van der Waals surface area contributed by atoms with Crippen molar-refractivity contribution in [3.63, 3.8) is 0 Å². The van der Waals surface area contributed by atoms with Gasteiger partial charge in [-0.2, -0.15) is 0 Å². The van der Waals surface area contributed by atoms with Gasteiger partial charge in [0.1, 0.15) is 0 Å². The quantitative estimate of drug-likeness (QED) is 0.142. The van der Waals surface area contributed by atoms with E-state index in [1.165, 1.54) is 160 Å². The minimum absolute atomic E-state index is 0.0840. The van der Waals surface area contributed by atoms with Crippen LogP contribution < -0.4 is 59.8 Å². The Morgan fingerprint density at radius 2 is 0.784 bits per heavy atom. The van der Waals surface area contributed by atoms with Crippen LogP contribution in [0, 0.1) is 6.92 Å². The molecule has 97 heavy (non-hydrogen) atoms. The number of fused-ring (bicyclic) bond motifs is 28. The van der Waals surface area contributed by atoms with Crippen LogP contribution in [0.25, 0.3) is 116 Å². The van der Waals surface area contributed by atoms with Crippen LogP contribution in [0.2, 0.25) is 0 Å². The van der Waals surface area contributed by atoms with E-state index in [-0.39, 0.29) is 28.7 Å². The monoisotopic (exact) mass is 1290 g/mol. The summed E-state index contributed by atoms with van der Waals surface area (Å²) >= 11 is 0. The second-order valence-electron chi connectivity index (χ2n) is 33.1. The standard InChI is InChI=1S/C25H16BN.2C24H17B7N2P2/c1-15-7-4-10-18-19-11-5-13-21-25(19)27(24(15)18)22-14-6-9-17-16-8-2-3-12-20(16)26(21)23(17)22;1-3-9-19-15(6-1)17-8-5-11-22-23(17)28(19)20-13-14(35(26-29(35)27-35)32-34-30-25-31(30)34)12-18-16-7-2-4-10-21(16)33(22)24(18)20;1-3-9-17-14(6-1)15-8-5-11-20-23(15)28(17)18-12-13-21(22-16-7-2-4-10-19(16)33(20)24(18)22)35(26-29(35)27-35)32-34-30-25-31(30)34/h2-14H,1H3;2*1-13H,25-26H2/q;2*-1. The SMILES string of the molecule is Cc1cccc2c3cccc4c3n(c12)-c1cccc2c1B4c1ccccc1-2.[B]1B2[BH2-]P12(N=[P+]1B2[BH2-]B21)c1cc2c3c(c1)c1ccccc1n3-c1cccc3c1B2c1ccccc1-3.[B]1B2[BH2-]P12(N=[P+]1B2[BH2-]B21)c1ccc2c3c1c1ccccc1n3-c1cccc3c1B2c1ccccc1-3. The first-order valence-electron chi connectivity index (χ1n) is 36.8. The van der Waals surface area contributed by atoms with Gasteiger partial charge in [0.05, 0.1) is 5.52 Å². The van der Waals surface area contributed by atoms with E-state index in [1.807, 2.05) is 0 Å². The summed E-state index contributed by atoms with van der Waals surface area (Å²) in [5.41, 5.74) is 35.8. The van der Waals surface area contributed by atoms with Crippen molar-refractivity contribution < 1.29 is 0 Å². The zero-order chi connectivity index (χ0) is 62.3. The maximum absolute atomic E-state index is 5.93. The van der Waals surface area contributed by atoms with Gasteiger partial charge in [0.25, 0.3) is 0 Å². The average molecular weight is 1280 g/mol. The first kappa shape index (κ1) is 52.2. The topological polar surface area (TPSA) is 39.5 Å². The number of hydrogen-bond donors (Lipinski definition) is 0. The van der Waals surface area contributed by atoms with Crippen LogP contribution in [0.1, 0.15) is 5.56 Å². The van der Waals surface area contributed by atoms with Crippen LogP contribution >= 0.6 is 27.7 Å². The van der Waals surface area contributed by atoms with Crippen LogP contribution in [0.5, 0.6) is 0 Å². The first-order chi connectivity index (χ1) is 47.9. The second kappa shape index (κ2) is 16.7. The van der Waals surface area contributed by atoms with E-state index in [0.29, 0.717) is 34.3 Å². The van der Waals surface area contributed by atoms with E-state index in [4.69, 9.17) is 9.03 Å². The van der Waals surface area contributed by atoms with Crippen molar-refractivity contribution >= 4 is 252 Å². The Bertz CT molecular complexity index is 6600. The molecular weight excluding hydrogens is 1230 g/mol. The molecule has 0 spiro atoms. The molecule has 8 fully saturated rings. The molecule has 0 saturated carbocycles. The Morgan fingerprint density at radius 1 is 0.361 bits per heavy atom. The Hall–Kier alpha value is -7.93. The van der Waals surface area contributed by atoms with Crippen LogP contribution in [0.15, 0.2) is 246 Å². The molecule has 434 valence electrons. The molecule has 0 atom stereocenters. The summed E-state index contributed by atoms with van der Waals surface area (Å²) in [6, 6.07) is 90.4. The predicted octanol–water partition coefficient (Wildman–Crippen LogP) is 6.54. The number of aryl methyl sites for hydroxylation is 1. The van der Waals surface area contributed by atoms with Crippen molar-refractivity contribution in [3.8, 4) is 50.4 Å². The summed E-state index contributed by atoms with van der Waals surface area (Å²) < 4.78 is 19.6. The molecule has 5 nitrogen and oxygen atoms in total. The number of nitrogens with zero attached hydrogens (tertiary/aromatic N) is 5. The average Bonchev–Trinajstić information content (AvgIpc) is 1.43. The molecule has 0 N–H and O–H groups in total. The second-order valence-corrected chi connectivity index (χ2v) is 50.3. The van der Waals surface area contributed by atoms with Crippen LogP contribution in [-0.2, 0) is 0 Å². The van der Waals surface area contributed by atoms with Gasteiger partial charge in [-0.25, -0.2) is 0 Å². The third-order valence-corrected chi connectivity index (χ3v) is 51.3. The molecule has 29 rings (SSSR count). The summed E-state index contributed by atoms with van der Waals surface area (Å²) in [6.07, 6.45) is 2.60. The van der Waals surface area contributed by atoms with Crippen molar-refractivity contribution in [1.29, 1.82) is 0 Å². The van der Waals surface area contributed by atoms with Gasteiger partial charge in [-0.05, 0) is 40.6 Å². The van der Waals surface area contributed by atoms with Gasteiger partial charge in [-0.1, -0.05) is 78.3 Å². The van der Waals surface area contributed by atoms with Crippen molar-refractivity contribution in [2.45, 2.75) is 6.92 Å². The molecule has 0 aliphatic carbocycles. The Labute approximate surface area is 570 Å². The molecule has 0 amide bonds. The zero-order valence-corrected chi connectivity index (χ0v) is 58.0. The predicted molar refractivity (Wildman–Crippen MR) is 449 cm³/mol. The molecule has 2 radical (unpaired) electrons. The number of hydrogen-bond acceptors (Lipinski definition) is 2. The van der Waals surface area contributed by atoms with Gasteiger partial charge in [0.15, 0.2) is 0 Å². The van der Waals surface area contributed by atoms with Crippen LogP contribution in [0.3, 0.4) is 0 Å². The fourth-order valence-corrected chi connectivity index (χ4v) is 47.9. The number of rotatable bonds is 4. The van der Waals surface area contributed by atoms with Gasteiger partial charge in [-0.3, -0.25) is 0 Å². The first-order valence-corrected chi connectivity index (χ1v) is 45.2. The van der Waals surface area contributed by atoms with Gasteiger partial charge in [0.2, 0.25) is 6.71 Å². The molecular formula is C73H50B15N5P4-2. The third-order valence-electron chi connectivity index (χ3n) is 28.7. The molecule has 15 aromatic rings. The minimum atomic E-state index is -1.97. The van der Waals surface area contributed by atoms with Gasteiger partial charge < -0.3 is 4.57 Å². The Kier molecular flexibility index (Phi) is 8.97. The summed E-state index contributed by atoms with van der Waals surface area (Å²) in [7, 11) is 1.09. The molecule has 12 aromatic carbocycles. The Morgan fingerprint density at radius 3 is 1.35 bits per heavy atom. The van der Waals surface area contributed by atoms with Gasteiger partial charge in [0, 0.05) is 22.0 Å². The van der Waals surface area contributed by atoms with Crippen molar-refractivity contribution in [3.05, 3.63) is 242 Å². The molecule has 17 heterocycles. The van der Waals surface area contributed by atoms with E-state index in [1.54, 1.807) is 21.5 Å². The molecule has 0 unspecified atom stereocenters. The van der Waals surface area contributed by atoms with Crippen molar-refractivity contribution in [1.82, 2.24) is 13.7 Å². The number of para-hydroxylation sites is 4. The van der Waals surface area contributed by atoms with E-state index >= 15 is 0 Å². The zero-order valence-electron chi connectivity index (χ0n) is 54.4. The summed E-state index contributed by atoms with van der Waals surface area (Å²) in [5.74, 6) is 0. The molecule has 0 bridgehead atoms. The van der Waals surface area contributed by atoms with Crippen molar-refractivity contribution in [2.24, 2.45) is 9.03 Å². The fourth-order valence-electron chi connectivity index (χ4n) is 22.7. The van der Waals surface area contributed by atoms with E-state index < -0.39 is 12.8 Å². The summed E-state index contributed by atoms with van der Waals surface area (Å²) in [4.78, 5) is 0. The molecule has 14 aliphatic rings. The molecule has 24 heteroatoms.